The van der Waals surface area contributed by atoms with Crippen LogP contribution in [0.5, 0.6) is 0 Å². The molecule has 72 valence electrons. The summed E-state index contributed by atoms with van der Waals surface area (Å²) in [5.74, 6) is 0. The highest BCUT2D eigenvalue weighted by Crippen LogP contribution is 2.31. The molecule has 0 saturated carbocycles. The summed E-state index contributed by atoms with van der Waals surface area (Å²) < 4.78 is 5.05. The van der Waals surface area contributed by atoms with Crippen molar-refractivity contribution >= 4 is 29.1 Å². The molecule has 0 aliphatic rings. The van der Waals surface area contributed by atoms with Crippen molar-refractivity contribution in [1.82, 2.24) is 0 Å². The van der Waals surface area contributed by atoms with Gasteiger partial charge in [-0.3, -0.25) is 0 Å². The molecule has 0 amide bonds. The Labute approximate surface area is 87.4 Å². The predicted molar refractivity (Wildman–Crippen MR) is 58.4 cm³/mol. The van der Waals surface area contributed by atoms with Crippen LogP contribution in [0.3, 0.4) is 0 Å². The van der Waals surface area contributed by atoms with E-state index in [1.165, 1.54) is 0 Å². The average Bonchev–Trinajstić information content (AvgIpc) is 2.14. The van der Waals surface area contributed by atoms with Crippen molar-refractivity contribution in [2.75, 3.05) is 19.1 Å². The van der Waals surface area contributed by atoms with Crippen molar-refractivity contribution in [3.8, 4) is 0 Å². The molecule has 0 unspecified atom stereocenters. The van der Waals surface area contributed by atoms with Gasteiger partial charge in [0, 0.05) is 17.6 Å². The van der Waals surface area contributed by atoms with E-state index in [4.69, 9.17) is 22.1 Å². The number of benzene rings is 1. The minimum Gasteiger partial charge on any atom is -0.398 e. The van der Waals surface area contributed by atoms with Gasteiger partial charge in [-0.25, -0.2) is 0 Å². The molecule has 2 nitrogen and oxygen atoms in total. The van der Waals surface area contributed by atoms with E-state index < -0.39 is 0 Å². The number of nitrogens with two attached hydrogens (primary N) is 1. The number of ether oxygens (including phenoxy) is 1. The maximum atomic E-state index is 6.04. The molecule has 0 atom stereocenters. The van der Waals surface area contributed by atoms with E-state index in [-0.39, 0.29) is 0 Å². The number of thioether (sulfide) groups is 1. The normalized spacial score (nSPS) is 10.4. The predicted octanol–water partition coefficient (Wildman–Crippen LogP) is 2.79. The zero-order chi connectivity index (χ0) is 9.84. The largest absolute Gasteiger partial charge is 0.398 e. The van der Waals surface area contributed by atoms with E-state index in [1.807, 2.05) is 18.4 Å². The molecule has 1 aromatic carbocycles. The Morgan fingerprint density at radius 2 is 2.23 bits per heavy atom. The number of methoxy groups -OCH3 is 1. The van der Waals surface area contributed by atoms with Crippen LogP contribution in [0.15, 0.2) is 17.0 Å². The molecule has 13 heavy (non-hydrogen) atoms. The summed E-state index contributed by atoms with van der Waals surface area (Å²) in [4.78, 5) is 1.11. The van der Waals surface area contributed by atoms with Crippen LogP contribution in [-0.2, 0) is 11.3 Å². The first-order valence-electron chi connectivity index (χ1n) is 3.80. The second-order valence-corrected chi connectivity index (χ2v) is 3.81. The van der Waals surface area contributed by atoms with Crippen molar-refractivity contribution in [2.24, 2.45) is 0 Å². The highest BCUT2D eigenvalue weighted by atomic mass is 35.5. The Balaban J connectivity index is 3.15. The van der Waals surface area contributed by atoms with Crippen LogP contribution in [0, 0.1) is 0 Å². The standard InChI is InChI=1S/C9H12ClNOS/c1-12-5-6-8(13-2)4-3-7(11)9(6)10/h3-4H,5,11H2,1-2H3. The molecule has 0 bridgehead atoms. The molecule has 0 heterocycles. The zero-order valence-corrected chi connectivity index (χ0v) is 9.21. The quantitative estimate of drug-likeness (QED) is 0.625. The summed E-state index contributed by atoms with van der Waals surface area (Å²) in [7, 11) is 1.64. The first-order valence-corrected chi connectivity index (χ1v) is 5.40. The number of hydrogen-bond donors (Lipinski definition) is 1. The summed E-state index contributed by atoms with van der Waals surface area (Å²) in [6, 6.07) is 3.77. The third-order valence-electron chi connectivity index (χ3n) is 1.74. The molecule has 1 rings (SSSR count). The van der Waals surface area contributed by atoms with Gasteiger partial charge < -0.3 is 10.5 Å². The van der Waals surface area contributed by atoms with Crippen LogP contribution < -0.4 is 5.73 Å². The van der Waals surface area contributed by atoms with Gasteiger partial charge in [-0.2, -0.15) is 0 Å². The third-order valence-corrected chi connectivity index (χ3v) is 3.01. The van der Waals surface area contributed by atoms with Crippen molar-refractivity contribution in [2.45, 2.75) is 11.5 Å². The van der Waals surface area contributed by atoms with Gasteiger partial charge in [0.1, 0.15) is 0 Å². The van der Waals surface area contributed by atoms with Gasteiger partial charge in [0.15, 0.2) is 0 Å². The third kappa shape index (κ3) is 2.30. The molecule has 2 N–H and O–H groups in total. The number of rotatable bonds is 3. The van der Waals surface area contributed by atoms with E-state index in [1.54, 1.807) is 18.9 Å². The molecule has 4 heteroatoms. The fourth-order valence-electron chi connectivity index (χ4n) is 1.09. The van der Waals surface area contributed by atoms with Crippen LogP contribution in [-0.4, -0.2) is 13.4 Å². The lowest BCUT2D eigenvalue weighted by molar-refractivity contribution is 0.183. The zero-order valence-electron chi connectivity index (χ0n) is 7.63. The highest BCUT2D eigenvalue weighted by Gasteiger charge is 2.08. The summed E-state index contributed by atoms with van der Waals surface area (Å²) in [6.07, 6.45) is 2.00. The van der Waals surface area contributed by atoms with Crippen molar-refractivity contribution in [1.29, 1.82) is 0 Å². The minimum atomic E-state index is 0.500. The summed E-state index contributed by atoms with van der Waals surface area (Å²) in [6.45, 7) is 0.500. The second-order valence-electron chi connectivity index (χ2n) is 2.58. The first-order chi connectivity index (χ1) is 6.20. The number of nitrogen functional groups attached to an aromatic ring is 1. The maximum Gasteiger partial charge on any atom is 0.0739 e. The van der Waals surface area contributed by atoms with E-state index in [9.17, 15) is 0 Å². The van der Waals surface area contributed by atoms with Crippen molar-refractivity contribution in [3.05, 3.63) is 22.7 Å². The van der Waals surface area contributed by atoms with Crippen LogP contribution in [0.2, 0.25) is 5.02 Å². The van der Waals surface area contributed by atoms with Gasteiger partial charge in [-0.05, 0) is 18.4 Å². The lowest BCUT2D eigenvalue weighted by Crippen LogP contribution is -1.96. The van der Waals surface area contributed by atoms with E-state index in [0.717, 1.165) is 10.5 Å². The van der Waals surface area contributed by atoms with Gasteiger partial charge in [0.2, 0.25) is 0 Å². The summed E-state index contributed by atoms with van der Waals surface area (Å²) >= 11 is 7.68. The summed E-state index contributed by atoms with van der Waals surface area (Å²) in [5.41, 5.74) is 7.25. The van der Waals surface area contributed by atoms with Gasteiger partial charge in [-0.1, -0.05) is 11.6 Å². The molecular weight excluding hydrogens is 206 g/mol. The SMILES string of the molecule is COCc1c(SC)ccc(N)c1Cl. The monoisotopic (exact) mass is 217 g/mol. The lowest BCUT2D eigenvalue weighted by Gasteiger charge is -2.10. The molecular formula is C9H12ClNOS. The van der Waals surface area contributed by atoms with Crippen LogP contribution in [0.25, 0.3) is 0 Å². The Kier molecular flexibility index (Phi) is 3.90. The van der Waals surface area contributed by atoms with Crippen LogP contribution in [0.4, 0.5) is 5.69 Å². The maximum absolute atomic E-state index is 6.04. The molecule has 0 aliphatic carbocycles. The fourth-order valence-corrected chi connectivity index (χ4v) is 1.98. The van der Waals surface area contributed by atoms with Gasteiger partial charge in [-0.15, -0.1) is 11.8 Å². The van der Waals surface area contributed by atoms with Gasteiger partial charge in [0.25, 0.3) is 0 Å². The van der Waals surface area contributed by atoms with Crippen molar-refractivity contribution < 1.29 is 4.74 Å². The number of hydrogen-bond acceptors (Lipinski definition) is 3. The Morgan fingerprint density at radius 3 is 2.77 bits per heavy atom. The molecule has 0 aliphatic heterocycles. The first kappa shape index (κ1) is 10.7. The fraction of sp³-hybridized carbons (Fsp3) is 0.333. The number of halogens is 1. The second kappa shape index (κ2) is 4.74. The van der Waals surface area contributed by atoms with Gasteiger partial charge >= 0.3 is 0 Å². The lowest BCUT2D eigenvalue weighted by atomic mass is 10.2. The van der Waals surface area contributed by atoms with E-state index in [2.05, 4.69) is 0 Å². The Morgan fingerprint density at radius 1 is 1.54 bits per heavy atom. The Hall–Kier alpha value is -0.380. The molecule has 0 spiro atoms. The molecule has 0 saturated heterocycles. The average molecular weight is 218 g/mol. The Bertz CT molecular complexity index is 304. The smallest absolute Gasteiger partial charge is 0.0739 e. The highest BCUT2D eigenvalue weighted by molar-refractivity contribution is 7.98. The van der Waals surface area contributed by atoms with Crippen LogP contribution >= 0.6 is 23.4 Å². The number of anilines is 1. The van der Waals surface area contributed by atoms with Gasteiger partial charge in [0.05, 0.1) is 17.3 Å². The van der Waals surface area contributed by atoms with E-state index in [0.29, 0.717) is 17.3 Å². The molecule has 0 radical (unpaired) electrons. The molecule has 0 fully saturated rings. The van der Waals surface area contributed by atoms with Crippen molar-refractivity contribution in [3.63, 3.8) is 0 Å². The summed E-state index contributed by atoms with van der Waals surface area (Å²) in [5, 5.41) is 0.605. The topological polar surface area (TPSA) is 35.2 Å². The van der Waals surface area contributed by atoms with E-state index >= 15 is 0 Å². The van der Waals surface area contributed by atoms with Crippen LogP contribution in [0.1, 0.15) is 5.56 Å². The molecule has 0 aromatic heterocycles. The minimum absolute atomic E-state index is 0.500. The molecule has 1 aromatic rings.